The number of amides is 3. The van der Waals surface area contributed by atoms with Crippen molar-refractivity contribution >= 4 is 61.6 Å². The molecule has 0 atom stereocenters. The summed E-state index contributed by atoms with van der Waals surface area (Å²) < 4.78 is 33.0. The normalized spacial score (nSPS) is 12.9. The van der Waals surface area contributed by atoms with Gasteiger partial charge in [-0.1, -0.05) is 23.7 Å². The molecule has 4 rings (SSSR count). The van der Waals surface area contributed by atoms with Gasteiger partial charge in [0.25, 0.3) is 21.8 Å². The van der Waals surface area contributed by atoms with Crippen molar-refractivity contribution < 1.29 is 27.5 Å². The van der Waals surface area contributed by atoms with Gasteiger partial charge in [-0.2, -0.15) is 0 Å². The number of halogens is 1. The number of ether oxygens (including phenoxy) is 1. The van der Waals surface area contributed by atoms with Crippen LogP contribution < -0.4 is 15.4 Å². The number of hydrogen-bond acceptors (Lipinski definition) is 7. The van der Waals surface area contributed by atoms with Gasteiger partial charge in [0.1, 0.15) is 5.00 Å². The first-order valence-electron chi connectivity index (χ1n) is 11.0. The van der Waals surface area contributed by atoms with Crippen LogP contribution in [0.3, 0.4) is 0 Å². The van der Waals surface area contributed by atoms with Crippen molar-refractivity contribution in [2.75, 3.05) is 30.7 Å². The Morgan fingerprint density at radius 2 is 1.76 bits per heavy atom. The fourth-order valence-corrected chi connectivity index (χ4v) is 6.36. The Balaban J connectivity index is 1.64. The van der Waals surface area contributed by atoms with Gasteiger partial charge in [-0.3, -0.25) is 14.3 Å². The van der Waals surface area contributed by atoms with E-state index in [2.05, 4.69) is 15.4 Å². The van der Waals surface area contributed by atoms with Crippen LogP contribution in [0, 0.1) is 0 Å². The number of carbonyl (C=O) groups is 3. The maximum absolute atomic E-state index is 13.3. The fourth-order valence-electron chi connectivity index (χ4n) is 3.90. The molecule has 2 heterocycles. The summed E-state index contributed by atoms with van der Waals surface area (Å²) in [4.78, 5) is 40.3. The van der Waals surface area contributed by atoms with Crippen molar-refractivity contribution in [3.8, 4) is 0 Å². The number of methoxy groups -OCH3 is 1. The molecule has 194 valence electrons. The molecule has 1 aliphatic rings. The molecule has 0 saturated carbocycles. The number of sulfonamides is 1. The molecule has 3 aromatic rings. The van der Waals surface area contributed by atoms with Crippen molar-refractivity contribution in [1.82, 2.24) is 10.2 Å². The Morgan fingerprint density at radius 1 is 1.05 bits per heavy atom. The van der Waals surface area contributed by atoms with E-state index in [0.717, 1.165) is 10.4 Å². The molecule has 0 bridgehead atoms. The largest absolute Gasteiger partial charge is 0.453 e. The summed E-state index contributed by atoms with van der Waals surface area (Å²) in [7, 11) is -1.22. The zero-order chi connectivity index (χ0) is 26.7. The molecule has 3 N–H and O–H groups in total. The minimum absolute atomic E-state index is 0.0184. The van der Waals surface area contributed by atoms with Gasteiger partial charge in [-0.15, -0.1) is 11.3 Å². The van der Waals surface area contributed by atoms with Gasteiger partial charge in [0, 0.05) is 23.5 Å². The maximum Gasteiger partial charge on any atom is 0.409 e. The Kier molecular flexibility index (Phi) is 7.71. The average Bonchev–Trinajstić information content (AvgIpc) is 3.24. The number of para-hydroxylation sites is 1. The summed E-state index contributed by atoms with van der Waals surface area (Å²) in [6.07, 6.45) is -0.0650. The summed E-state index contributed by atoms with van der Waals surface area (Å²) in [6, 6.07) is 11.8. The minimum atomic E-state index is -4.00. The molecule has 13 heteroatoms. The van der Waals surface area contributed by atoms with Crippen LogP contribution in [-0.2, 0) is 27.7 Å². The maximum atomic E-state index is 13.3. The van der Waals surface area contributed by atoms with Gasteiger partial charge in [0.05, 0.1) is 35.4 Å². The second-order valence-corrected chi connectivity index (χ2v) is 11.2. The number of benzene rings is 2. The second-order valence-electron chi connectivity index (χ2n) is 7.99. The highest BCUT2D eigenvalue weighted by Gasteiger charge is 2.31. The Bertz CT molecular complexity index is 1470. The number of thiophene rings is 1. The lowest BCUT2D eigenvalue weighted by Gasteiger charge is -2.25. The van der Waals surface area contributed by atoms with E-state index < -0.39 is 22.0 Å². The quantitative estimate of drug-likeness (QED) is 0.417. The van der Waals surface area contributed by atoms with E-state index in [1.54, 1.807) is 12.1 Å². The van der Waals surface area contributed by atoms with Crippen LogP contribution in [0.4, 0.5) is 15.5 Å². The number of nitrogens with zero attached hydrogens (tertiary/aromatic N) is 1. The van der Waals surface area contributed by atoms with Gasteiger partial charge in [-0.25, -0.2) is 13.2 Å². The topological polar surface area (TPSA) is 134 Å². The Hall–Kier alpha value is -3.61. The molecule has 0 spiro atoms. The third kappa shape index (κ3) is 5.55. The zero-order valence-electron chi connectivity index (χ0n) is 19.8. The first-order chi connectivity index (χ1) is 17.6. The van der Waals surface area contributed by atoms with Gasteiger partial charge in [0.2, 0.25) is 0 Å². The monoisotopic (exact) mass is 562 g/mol. The molecule has 0 fully saturated rings. The second kappa shape index (κ2) is 10.8. The molecule has 1 aromatic heterocycles. The van der Waals surface area contributed by atoms with E-state index in [4.69, 9.17) is 16.3 Å². The third-order valence-corrected chi connectivity index (χ3v) is 8.48. The molecular weight excluding hydrogens is 540 g/mol. The minimum Gasteiger partial charge on any atom is -0.453 e. The lowest BCUT2D eigenvalue weighted by Crippen LogP contribution is -2.35. The van der Waals surface area contributed by atoms with Crippen LogP contribution in [0.25, 0.3) is 0 Å². The zero-order valence-corrected chi connectivity index (χ0v) is 22.2. The number of rotatable bonds is 6. The Morgan fingerprint density at radius 3 is 2.43 bits per heavy atom. The molecule has 0 saturated heterocycles. The number of carbonyl (C=O) groups excluding carboxylic acids is 3. The molecule has 0 radical (unpaired) electrons. The molecule has 1 aliphatic heterocycles. The van der Waals surface area contributed by atoms with Gasteiger partial charge < -0.3 is 20.3 Å². The fraction of sp³-hybridized carbons (Fsp3) is 0.208. The lowest BCUT2D eigenvalue weighted by molar-refractivity contribution is 0.0962. The first kappa shape index (κ1) is 26.5. The number of nitrogens with one attached hydrogen (secondary N) is 3. The van der Waals surface area contributed by atoms with E-state index in [-0.39, 0.29) is 28.6 Å². The molecule has 3 amide bonds. The molecule has 37 heavy (non-hydrogen) atoms. The summed E-state index contributed by atoms with van der Waals surface area (Å²) in [5, 5.41) is 6.04. The van der Waals surface area contributed by atoms with Crippen LogP contribution >= 0.6 is 22.9 Å². The molecule has 2 aromatic carbocycles. The van der Waals surface area contributed by atoms with Crippen molar-refractivity contribution in [3.05, 3.63) is 75.1 Å². The van der Waals surface area contributed by atoms with Crippen LogP contribution in [0.15, 0.2) is 53.4 Å². The van der Waals surface area contributed by atoms with Crippen molar-refractivity contribution in [2.24, 2.45) is 0 Å². The van der Waals surface area contributed by atoms with Crippen LogP contribution in [0.1, 0.15) is 31.2 Å². The van der Waals surface area contributed by atoms with E-state index in [9.17, 15) is 22.8 Å². The number of hydrogen-bond donors (Lipinski definition) is 3. The van der Waals surface area contributed by atoms with Crippen LogP contribution in [-0.4, -0.2) is 51.9 Å². The smallest absolute Gasteiger partial charge is 0.409 e. The van der Waals surface area contributed by atoms with Gasteiger partial charge in [-0.05, 0) is 48.4 Å². The summed E-state index contributed by atoms with van der Waals surface area (Å²) in [6.45, 7) is 0.604. The molecule has 10 nitrogen and oxygen atoms in total. The van der Waals surface area contributed by atoms with Crippen molar-refractivity contribution in [2.45, 2.75) is 17.9 Å². The predicted octanol–water partition coefficient (Wildman–Crippen LogP) is 3.94. The molecule has 0 unspecified atom stereocenters. The third-order valence-electron chi connectivity index (χ3n) is 5.71. The SMILES string of the molecule is CNC(=O)c1c(NC(=O)c2ccccc2NS(=O)(=O)c2ccc(Cl)cc2)sc2c1CCN(C(=O)OC)C2. The summed E-state index contributed by atoms with van der Waals surface area (Å²) in [5.74, 6) is -0.987. The van der Waals surface area contributed by atoms with E-state index >= 15 is 0 Å². The van der Waals surface area contributed by atoms with Crippen molar-refractivity contribution in [1.29, 1.82) is 0 Å². The summed E-state index contributed by atoms with van der Waals surface area (Å²) in [5.41, 5.74) is 1.19. The van der Waals surface area contributed by atoms with Crippen LogP contribution in [0.5, 0.6) is 0 Å². The molecule has 0 aliphatic carbocycles. The summed E-state index contributed by atoms with van der Waals surface area (Å²) >= 11 is 7.04. The number of anilines is 2. The number of fused-ring (bicyclic) bond motifs is 1. The highest BCUT2D eigenvalue weighted by molar-refractivity contribution is 7.92. The van der Waals surface area contributed by atoms with E-state index in [1.165, 1.54) is 66.8 Å². The molecular formula is C24H23ClN4O6S2. The van der Waals surface area contributed by atoms with E-state index in [0.29, 0.717) is 28.6 Å². The van der Waals surface area contributed by atoms with Crippen LogP contribution in [0.2, 0.25) is 5.02 Å². The Labute approximate surface area is 222 Å². The van der Waals surface area contributed by atoms with Gasteiger partial charge >= 0.3 is 6.09 Å². The standard InChI is InChI=1S/C24H23ClN4O6S2/c1-26-22(31)20-17-11-12-29(24(32)35-2)13-19(17)36-23(20)27-21(30)16-5-3-4-6-18(16)28-37(33,34)15-9-7-14(25)8-10-15/h3-10,28H,11-13H2,1-2H3,(H,26,31)(H,27,30). The van der Waals surface area contributed by atoms with Gasteiger partial charge in [0.15, 0.2) is 0 Å². The van der Waals surface area contributed by atoms with E-state index in [1.807, 2.05) is 0 Å². The first-order valence-corrected chi connectivity index (χ1v) is 13.7. The van der Waals surface area contributed by atoms with Crippen molar-refractivity contribution in [3.63, 3.8) is 0 Å². The average molecular weight is 563 g/mol. The highest BCUT2D eigenvalue weighted by Crippen LogP contribution is 2.38. The highest BCUT2D eigenvalue weighted by atomic mass is 35.5. The predicted molar refractivity (Wildman–Crippen MR) is 141 cm³/mol. The lowest BCUT2D eigenvalue weighted by atomic mass is 10.0.